The average molecular weight is 294 g/mol. The lowest BCUT2D eigenvalue weighted by Gasteiger charge is -2.33. The summed E-state index contributed by atoms with van der Waals surface area (Å²) in [5.74, 6) is -0.155. The highest BCUT2D eigenvalue weighted by molar-refractivity contribution is 5.98. The van der Waals surface area contributed by atoms with Gasteiger partial charge in [-0.05, 0) is 18.6 Å². The van der Waals surface area contributed by atoms with Crippen LogP contribution in [0.15, 0.2) is 23.4 Å². The zero-order chi connectivity index (χ0) is 15.4. The zero-order valence-corrected chi connectivity index (χ0v) is 11.7. The van der Waals surface area contributed by atoms with Crippen LogP contribution in [0.4, 0.5) is 11.4 Å². The van der Waals surface area contributed by atoms with E-state index in [9.17, 15) is 10.1 Å². The van der Waals surface area contributed by atoms with Crippen molar-refractivity contribution in [3.63, 3.8) is 0 Å². The Hall–Kier alpha value is -2.35. The van der Waals surface area contributed by atoms with Gasteiger partial charge in [-0.2, -0.15) is 0 Å². The summed E-state index contributed by atoms with van der Waals surface area (Å²) in [5.41, 5.74) is 6.26. The predicted molar refractivity (Wildman–Crippen MR) is 77.9 cm³/mol. The third-order valence-electron chi connectivity index (χ3n) is 3.51. The molecule has 1 fully saturated rings. The molecule has 1 aromatic rings. The maximum absolute atomic E-state index is 11.3. The van der Waals surface area contributed by atoms with E-state index >= 15 is 0 Å². The van der Waals surface area contributed by atoms with Gasteiger partial charge in [0.05, 0.1) is 17.6 Å². The molecule has 3 N–H and O–H groups in total. The molecule has 1 aromatic carbocycles. The van der Waals surface area contributed by atoms with Crippen molar-refractivity contribution in [2.24, 2.45) is 10.9 Å². The lowest BCUT2D eigenvalue weighted by atomic mass is 10.1. The fourth-order valence-corrected chi connectivity index (χ4v) is 2.34. The van der Waals surface area contributed by atoms with Crippen molar-refractivity contribution < 1.29 is 14.9 Å². The second-order valence-electron chi connectivity index (χ2n) is 4.79. The Balaban J connectivity index is 2.36. The van der Waals surface area contributed by atoms with Crippen LogP contribution in [0.25, 0.3) is 0 Å². The van der Waals surface area contributed by atoms with Crippen LogP contribution in [-0.2, 0) is 4.74 Å². The van der Waals surface area contributed by atoms with Crippen molar-refractivity contribution in [2.45, 2.75) is 19.4 Å². The number of ether oxygens (including phenoxy) is 1. The van der Waals surface area contributed by atoms with Crippen LogP contribution in [0.1, 0.15) is 18.9 Å². The normalized spacial score (nSPS) is 19.6. The highest BCUT2D eigenvalue weighted by Crippen LogP contribution is 2.30. The Morgan fingerprint density at radius 2 is 2.43 bits per heavy atom. The zero-order valence-electron chi connectivity index (χ0n) is 11.7. The second-order valence-corrected chi connectivity index (χ2v) is 4.79. The molecule has 1 heterocycles. The van der Waals surface area contributed by atoms with Crippen molar-refractivity contribution in [1.29, 1.82) is 0 Å². The number of nitro groups is 1. The van der Waals surface area contributed by atoms with Crippen LogP contribution in [0.5, 0.6) is 0 Å². The van der Waals surface area contributed by atoms with Gasteiger partial charge in [-0.25, -0.2) is 0 Å². The lowest BCUT2D eigenvalue weighted by molar-refractivity contribution is -0.384. The van der Waals surface area contributed by atoms with Crippen molar-refractivity contribution >= 4 is 17.2 Å². The number of nitro benzene ring substituents is 1. The molecule has 114 valence electrons. The molecule has 0 spiro atoms. The molecular weight excluding hydrogens is 276 g/mol. The summed E-state index contributed by atoms with van der Waals surface area (Å²) >= 11 is 0. The summed E-state index contributed by atoms with van der Waals surface area (Å²) in [6.07, 6.45) is 0.925. The Morgan fingerprint density at radius 3 is 3.05 bits per heavy atom. The summed E-state index contributed by atoms with van der Waals surface area (Å²) in [5, 5.41) is 22.8. The molecule has 8 nitrogen and oxygen atoms in total. The highest BCUT2D eigenvalue weighted by atomic mass is 16.6. The minimum Gasteiger partial charge on any atom is -0.409 e. The molecule has 1 atom stereocenters. The number of oxime groups is 1. The molecule has 0 amide bonds. The fraction of sp³-hybridized carbons (Fsp3) is 0.462. The van der Waals surface area contributed by atoms with Crippen LogP contribution in [-0.4, -0.2) is 41.8 Å². The molecule has 1 aliphatic heterocycles. The van der Waals surface area contributed by atoms with E-state index in [1.807, 2.05) is 11.8 Å². The first-order valence-electron chi connectivity index (χ1n) is 6.69. The molecule has 0 saturated carbocycles. The Labute approximate surface area is 121 Å². The molecule has 0 aliphatic carbocycles. The number of hydrogen-bond acceptors (Lipinski definition) is 6. The first-order chi connectivity index (χ1) is 10.1. The SMILES string of the molecule is CCC1CN(c2ccc(C(N)=NO)cc2[N+](=O)[O-])CCO1. The summed E-state index contributed by atoms with van der Waals surface area (Å²) in [7, 11) is 0. The van der Waals surface area contributed by atoms with Crippen LogP contribution < -0.4 is 10.6 Å². The topological polar surface area (TPSA) is 114 Å². The lowest BCUT2D eigenvalue weighted by Crippen LogP contribution is -2.42. The van der Waals surface area contributed by atoms with Gasteiger partial charge >= 0.3 is 0 Å². The summed E-state index contributed by atoms with van der Waals surface area (Å²) < 4.78 is 5.57. The van der Waals surface area contributed by atoms with Gasteiger partial charge < -0.3 is 20.6 Å². The van der Waals surface area contributed by atoms with E-state index in [4.69, 9.17) is 15.7 Å². The van der Waals surface area contributed by atoms with E-state index in [1.54, 1.807) is 12.1 Å². The van der Waals surface area contributed by atoms with Gasteiger partial charge in [0.15, 0.2) is 5.84 Å². The Morgan fingerprint density at radius 1 is 1.67 bits per heavy atom. The Bertz CT molecular complexity index is 561. The molecule has 0 aromatic heterocycles. The minimum absolute atomic E-state index is 0.0594. The molecule has 8 heteroatoms. The molecule has 21 heavy (non-hydrogen) atoms. The number of rotatable bonds is 4. The van der Waals surface area contributed by atoms with Crippen molar-refractivity contribution in [1.82, 2.24) is 0 Å². The van der Waals surface area contributed by atoms with E-state index in [0.29, 0.717) is 30.9 Å². The van der Waals surface area contributed by atoms with Gasteiger partial charge in [0.25, 0.3) is 5.69 Å². The molecule has 1 saturated heterocycles. The molecule has 2 rings (SSSR count). The second kappa shape index (κ2) is 6.40. The van der Waals surface area contributed by atoms with Crippen LogP contribution in [0, 0.1) is 10.1 Å². The van der Waals surface area contributed by atoms with Gasteiger partial charge in [-0.3, -0.25) is 10.1 Å². The van der Waals surface area contributed by atoms with Gasteiger partial charge in [-0.15, -0.1) is 0 Å². The van der Waals surface area contributed by atoms with E-state index in [-0.39, 0.29) is 17.6 Å². The number of anilines is 1. The van der Waals surface area contributed by atoms with E-state index in [1.165, 1.54) is 6.07 Å². The maximum Gasteiger partial charge on any atom is 0.293 e. The number of hydrogen-bond donors (Lipinski definition) is 2. The van der Waals surface area contributed by atoms with Crippen LogP contribution >= 0.6 is 0 Å². The third-order valence-corrected chi connectivity index (χ3v) is 3.51. The van der Waals surface area contributed by atoms with E-state index in [0.717, 1.165) is 6.42 Å². The van der Waals surface area contributed by atoms with Gasteiger partial charge in [0.2, 0.25) is 0 Å². The molecular formula is C13H18N4O4. The summed E-state index contributed by atoms with van der Waals surface area (Å²) in [6, 6.07) is 4.55. The number of morpholine rings is 1. The van der Waals surface area contributed by atoms with Crippen molar-refractivity contribution in [2.75, 3.05) is 24.6 Å². The first-order valence-corrected chi connectivity index (χ1v) is 6.69. The average Bonchev–Trinajstić information content (AvgIpc) is 2.53. The molecule has 1 unspecified atom stereocenters. The molecule has 0 bridgehead atoms. The number of amidine groups is 1. The third kappa shape index (κ3) is 3.22. The largest absolute Gasteiger partial charge is 0.409 e. The summed E-state index contributed by atoms with van der Waals surface area (Å²) in [4.78, 5) is 12.8. The van der Waals surface area contributed by atoms with Crippen molar-refractivity contribution in [3.05, 3.63) is 33.9 Å². The number of nitrogens with zero attached hydrogens (tertiary/aromatic N) is 3. The van der Waals surface area contributed by atoms with E-state index in [2.05, 4.69) is 5.16 Å². The minimum atomic E-state index is -0.458. The number of nitrogens with two attached hydrogens (primary N) is 1. The molecule has 1 aliphatic rings. The maximum atomic E-state index is 11.3. The van der Waals surface area contributed by atoms with Gasteiger partial charge in [0.1, 0.15) is 5.69 Å². The van der Waals surface area contributed by atoms with Crippen molar-refractivity contribution in [3.8, 4) is 0 Å². The van der Waals surface area contributed by atoms with E-state index < -0.39 is 4.92 Å². The number of benzene rings is 1. The highest BCUT2D eigenvalue weighted by Gasteiger charge is 2.25. The van der Waals surface area contributed by atoms with Crippen LogP contribution in [0.3, 0.4) is 0 Å². The predicted octanol–water partition coefficient (Wildman–Crippen LogP) is 1.30. The smallest absolute Gasteiger partial charge is 0.293 e. The monoisotopic (exact) mass is 294 g/mol. The Kier molecular flexibility index (Phi) is 4.59. The first kappa shape index (κ1) is 15.0. The fourth-order valence-electron chi connectivity index (χ4n) is 2.34. The standard InChI is InChI=1S/C13H18N4O4/c1-2-10-8-16(5-6-21-10)11-4-3-9(13(14)15-18)7-12(11)17(19)20/h3-4,7,10,18H,2,5-6,8H2,1H3,(H2,14,15). The van der Waals surface area contributed by atoms with Gasteiger partial charge in [-0.1, -0.05) is 12.1 Å². The van der Waals surface area contributed by atoms with Gasteiger partial charge in [0, 0.05) is 24.7 Å². The molecule has 0 radical (unpaired) electrons. The quantitative estimate of drug-likeness (QED) is 0.284. The summed E-state index contributed by atoms with van der Waals surface area (Å²) in [6.45, 7) is 3.77. The van der Waals surface area contributed by atoms with Crippen LogP contribution in [0.2, 0.25) is 0 Å².